The van der Waals surface area contributed by atoms with Crippen LogP contribution in [0.25, 0.3) is 11.3 Å². The molecule has 0 unspecified atom stereocenters. The Bertz CT molecular complexity index is 1130. The molecule has 0 saturated carbocycles. The van der Waals surface area contributed by atoms with E-state index in [2.05, 4.69) is 5.32 Å². The van der Waals surface area contributed by atoms with Crippen LogP contribution >= 0.6 is 0 Å². The van der Waals surface area contributed by atoms with Gasteiger partial charge in [0.15, 0.2) is 0 Å². The minimum Gasteiger partial charge on any atom is -0.497 e. The van der Waals surface area contributed by atoms with Gasteiger partial charge in [-0.05, 0) is 74.4 Å². The van der Waals surface area contributed by atoms with Crippen LogP contribution in [0.1, 0.15) is 35.0 Å². The number of carbonyl (C=O) groups excluding carboxylic acids is 2. The molecule has 0 saturated heterocycles. The van der Waals surface area contributed by atoms with E-state index in [0.29, 0.717) is 30.2 Å². The number of nitrogens with zero attached hydrogens (tertiary/aromatic N) is 1. The first-order valence-electron chi connectivity index (χ1n) is 10.8. The van der Waals surface area contributed by atoms with Gasteiger partial charge in [-0.15, -0.1) is 0 Å². The van der Waals surface area contributed by atoms with Gasteiger partial charge in [-0.1, -0.05) is 6.07 Å². The Morgan fingerprint density at radius 3 is 2.33 bits per heavy atom. The van der Waals surface area contributed by atoms with Crippen molar-refractivity contribution in [2.24, 2.45) is 0 Å². The summed E-state index contributed by atoms with van der Waals surface area (Å²) in [6.07, 6.45) is 0.220. The number of nitrogens with one attached hydrogen (secondary N) is 1. The Kier molecular flexibility index (Phi) is 7.77. The molecule has 1 heterocycles. The van der Waals surface area contributed by atoms with Gasteiger partial charge in [-0.3, -0.25) is 4.79 Å². The number of carbonyl (C=O) groups is 2. The largest absolute Gasteiger partial charge is 0.497 e. The third-order valence-corrected chi connectivity index (χ3v) is 5.44. The Morgan fingerprint density at radius 1 is 0.970 bits per heavy atom. The summed E-state index contributed by atoms with van der Waals surface area (Å²) in [4.78, 5) is 25.3. The molecule has 1 N–H and O–H groups in total. The zero-order valence-electron chi connectivity index (χ0n) is 19.7. The van der Waals surface area contributed by atoms with Gasteiger partial charge in [0.25, 0.3) is 0 Å². The predicted octanol–water partition coefficient (Wildman–Crippen LogP) is 4.99. The van der Waals surface area contributed by atoms with E-state index >= 15 is 0 Å². The van der Waals surface area contributed by atoms with E-state index in [1.54, 1.807) is 21.1 Å². The zero-order valence-corrected chi connectivity index (χ0v) is 19.7. The number of rotatable bonds is 9. The molecule has 0 radical (unpaired) electrons. The van der Waals surface area contributed by atoms with Crippen molar-refractivity contribution < 1.29 is 23.8 Å². The van der Waals surface area contributed by atoms with Crippen molar-refractivity contribution in [3.8, 4) is 22.8 Å². The third-order valence-electron chi connectivity index (χ3n) is 5.44. The van der Waals surface area contributed by atoms with E-state index in [1.807, 2.05) is 66.9 Å². The van der Waals surface area contributed by atoms with E-state index < -0.39 is 0 Å². The molecule has 7 nitrogen and oxygen atoms in total. The first-order valence-corrected chi connectivity index (χ1v) is 10.8. The van der Waals surface area contributed by atoms with E-state index in [1.165, 1.54) is 0 Å². The Morgan fingerprint density at radius 2 is 1.70 bits per heavy atom. The van der Waals surface area contributed by atoms with Crippen molar-refractivity contribution in [1.29, 1.82) is 0 Å². The first kappa shape index (κ1) is 23.9. The van der Waals surface area contributed by atoms with E-state index in [-0.39, 0.29) is 18.3 Å². The van der Waals surface area contributed by atoms with Crippen LogP contribution in [0.15, 0.2) is 48.5 Å². The Balaban J connectivity index is 1.87. The monoisotopic (exact) mass is 450 g/mol. The molecule has 0 aliphatic heterocycles. The number of benzene rings is 2. The lowest BCUT2D eigenvalue weighted by Crippen LogP contribution is -2.16. The maximum Gasteiger partial charge on any atom is 0.339 e. The Hall–Kier alpha value is -3.74. The van der Waals surface area contributed by atoms with Gasteiger partial charge in [0.2, 0.25) is 5.91 Å². The van der Waals surface area contributed by atoms with Crippen molar-refractivity contribution in [2.75, 3.05) is 26.1 Å². The fourth-order valence-electron chi connectivity index (χ4n) is 3.70. The molecule has 0 bridgehead atoms. The van der Waals surface area contributed by atoms with Crippen molar-refractivity contribution in [3.05, 3.63) is 65.4 Å². The maximum atomic E-state index is 12.8. The summed E-state index contributed by atoms with van der Waals surface area (Å²) in [6.45, 7) is 6.28. The van der Waals surface area contributed by atoms with Gasteiger partial charge in [-0.25, -0.2) is 4.79 Å². The molecule has 33 heavy (non-hydrogen) atoms. The summed E-state index contributed by atoms with van der Waals surface area (Å²) in [6, 6.07) is 15.0. The molecule has 0 atom stereocenters. The van der Waals surface area contributed by atoms with E-state index in [9.17, 15) is 9.59 Å². The van der Waals surface area contributed by atoms with Gasteiger partial charge in [0, 0.05) is 24.4 Å². The highest BCUT2D eigenvalue weighted by atomic mass is 16.5. The molecular weight excluding hydrogens is 420 g/mol. The van der Waals surface area contributed by atoms with E-state index in [4.69, 9.17) is 14.2 Å². The van der Waals surface area contributed by atoms with Gasteiger partial charge in [0.1, 0.15) is 11.5 Å². The highest BCUT2D eigenvalue weighted by Gasteiger charge is 2.20. The molecule has 3 aromatic rings. The second kappa shape index (κ2) is 10.7. The van der Waals surface area contributed by atoms with Crippen LogP contribution in [0.5, 0.6) is 11.5 Å². The molecule has 0 fully saturated rings. The highest BCUT2D eigenvalue weighted by molar-refractivity contribution is 5.94. The molecule has 174 valence electrons. The normalized spacial score (nSPS) is 10.6. The molecule has 2 aromatic carbocycles. The molecule has 3 rings (SSSR count). The molecule has 1 aromatic heterocycles. The predicted molar refractivity (Wildman–Crippen MR) is 128 cm³/mol. The zero-order chi connectivity index (χ0) is 24.0. The van der Waals surface area contributed by atoms with Crippen molar-refractivity contribution >= 4 is 17.6 Å². The van der Waals surface area contributed by atoms with Crippen LogP contribution < -0.4 is 14.8 Å². The standard InChI is InChI=1S/C26H30N2O5/c1-6-33-26(30)21-16-23(19-8-10-20(31-4)11-9-19)28(18(21)3)14-13-25(29)27-22-15-17(2)7-12-24(22)32-5/h7-12,15-16H,6,13-14H2,1-5H3,(H,27,29). The molecule has 1 amide bonds. The summed E-state index contributed by atoms with van der Waals surface area (Å²) in [5, 5.41) is 2.93. The smallest absolute Gasteiger partial charge is 0.339 e. The number of anilines is 1. The first-order chi connectivity index (χ1) is 15.9. The molecule has 0 aliphatic rings. The summed E-state index contributed by atoms with van der Waals surface area (Å²) in [5.41, 5.74) is 4.64. The lowest BCUT2D eigenvalue weighted by atomic mass is 10.1. The number of esters is 1. The van der Waals surface area contributed by atoms with Gasteiger partial charge in [-0.2, -0.15) is 0 Å². The summed E-state index contributed by atoms with van der Waals surface area (Å²) in [7, 11) is 3.18. The number of amides is 1. The number of aryl methyl sites for hydroxylation is 1. The van der Waals surface area contributed by atoms with Gasteiger partial charge >= 0.3 is 5.97 Å². The number of ether oxygens (including phenoxy) is 3. The topological polar surface area (TPSA) is 78.8 Å². The van der Waals surface area contributed by atoms with Gasteiger partial charge < -0.3 is 24.1 Å². The SMILES string of the molecule is CCOC(=O)c1cc(-c2ccc(OC)cc2)n(CCC(=O)Nc2cc(C)ccc2OC)c1C. The third kappa shape index (κ3) is 5.55. The summed E-state index contributed by atoms with van der Waals surface area (Å²) >= 11 is 0. The van der Waals surface area contributed by atoms with Crippen molar-refractivity contribution in [2.45, 2.75) is 33.7 Å². The number of hydrogen-bond donors (Lipinski definition) is 1. The maximum absolute atomic E-state index is 12.8. The second-order valence-electron chi connectivity index (χ2n) is 7.63. The number of aromatic nitrogens is 1. The van der Waals surface area contributed by atoms with E-state index in [0.717, 1.165) is 28.3 Å². The number of hydrogen-bond acceptors (Lipinski definition) is 5. The Labute approximate surface area is 194 Å². The highest BCUT2D eigenvalue weighted by Crippen LogP contribution is 2.29. The molecular formula is C26H30N2O5. The van der Waals surface area contributed by atoms with Gasteiger partial charge in [0.05, 0.1) is 32.1 Å². The second-order valence-corrected chi connectivity index (χ2v) is 7.63. The lowest BCUT2D eigenvalue weighted by molar-refractivity contribution is -0.116. The van der Waals surface area contributed by atoms with Crippen LogP contribution in [0, 0.1) is 13.8 Å². The fraction of sp³-hybridized carbons (Fsp3) is 0.308. The lowest BCUT2D eigenvalue weighted by Gasteiger charge is -2.14. The quantitative estimate of drug-likeness (QED) is 0.465. The number of methoxy groups -OCH3 is 2. The minimum absolute atomic E-state index is 0.148. The average molecular weight is 451 g/mol. The van der Waals surface area contributed by atoms with Crippen LogP contribution in [-0.4, -0.2) is 37.3 Å². The van der Waals surface area contributed by atoms with Crippen LogP contribution in [-0.2, 0) is 16.1 Å². The molecule has 7 heteroatoms. The van der Waals surface area contributed by atoms with Crippen LogP contribution in [0.4, 0.5) is 5.69 Å². The van der Waals surface area contributed by atoms with Crippen molar-refractivity contribution in [1.82, 2.24) is 4.57 Å². The molecule has 0 spiro atoms. The minimum atomic E-state index is -0.377. The summed E-state index contributed by atoms with van der Waals surface area (Å²) in [5.74, 6) is 0.822. The fourth-order valence-corrected chi connectivity index (χ4v) is 3.70. The average Bonchev–Trinajstić information content (AvgIpc) is 3.14. The van der Waals surface area contributed by atoms with Crippen LogP contribution in [0.3, 0.4) is 0 Å². The van der Waals surface area contributed by atoms with Crippen molar-refractivity contribution in [3.63, 3.8) is 0 Å². The van der Waals surface area contributed by atoms with Crippen LogP contribution in [0.2, 0.25) is 0 Å². The molecule has 0 aliphatic carbocycles. The summed E-state index contributed by atoms with van der Waals surface area (Å²) < 4.78 is 17.8.